The molecule has 1 unspecified atom stereocenters. The second kappa shape index (κ2) is 9.37. The quantitative estimate of drug-likeness (QED) is 0.622. The standard InChI is InChI=1S/C15H32N2O/c1-6-7-8-9-10-11-12-16-13(2)14(18)17-15(3,4)5/h13,16H,6-12H2,1-5H3,(H,17,18). The maximum atomic E-state index is 11.8. The Morgan fingerprint density at radius 2 is 1.61 bits per heavy atom. The first-order valence-electron chi connectivity index (χ1n) is 7.42. The summed E-state index contributed by atoms with van der Waals surface area (Å²) in [4.78, 5) is 11.8. The summed E-state index contributed by atoms with van der Waals surface area (Å²) in [5, 5.41) is 6.27. The van der Waals surface area contributed by atoms with Gasteiger partial charge in [0.15, 0.2) is 0 Å². The average molecular weight is 256 g/mol. The van der Waals surface area contributed by atoms with Gasteiger partial charge in [-0.05, 0) is 40.7 Å². The lowest BCUT2D eigenvalue weighted by molar-refractivity contribution is -0.124. The van der Waals surface area contributed by atoms with Crippen molar-refractivity contribution in [1.29, 1.82) is 0 Å². The molecule has 3 heteroatoms. The Balaban J connectivity index is 3.52. The topological polar surface area (TPSA) is 41.1 Å². The molecule has 0 spiro atoms. The molecule has 0 heterocycles. The minimum Gasteiger partial charge on any atom is -0.350 e. The molecule has 0 aromatic carbocycles. The van der Waals surface area contributed by atoms with Crippen molar-refractivity contribution in [3.05, 3.63) is 0 Å². The van der Waals surface area contributed by atoms with Crippen LogP contribution in [0.5, 0.6) is 0 Å². The van der Waals surface area contributed by atoms with Crippen molar-refractivity contribution in [1.82, 2.24) is 10.6 Å². The first kappa shape index (κ1) is 17.4. The Bertz CT molecular complexity index is 221. The second-order valence-corrected chi connectivity index (χ2v) is 6.18. The second-order valence-electron chi connectivity index (χ2n) is 6.18. The van der Waals surface area contributed by atoms with E-state index in [4.69, 9.17) is 0 Å². The zero-order chi connectivity index (χ0) is 14.0. The van der Waals surface area contributed by atoms with Gasteiger partial charge in [-0.1, -0.05) is 39.0 Å². The smallest absolute Gasteiger partial charge is 0.237 e. The van der Waals surface area contributed by atoms with Crippen molar-refractivity contribution in [3.63, 3.8) is 0 Å². The first-order chi connectivity index (χ1) is 8.37. The SMILES string of the molecule is CCCCCCCCNC(C)C(=O)NC(C)(C)C. The summed E-state index contributed by atoms with van der Waals surface area (Å²) in [5.74, 6) is 0.0912. The number of hydrogen-bond donors (Lipinski definition) is 2. The number of carbonyl (C=O) groups excluding carboxylic acids is 1. The van der Waals surface area contributed by atoms with Crippen molar-refractivity contribution >= 4 is 5.91 Å². The first-order valence-corrected chi connectivity index (χ1v) is 7.42. The fraction of sp³-hybridized carbons (Fsp3) is 0.933. The zero-order valence-corrected chi connectivity index (χ0v) is 12.9. The molecule has 0 aromatic rings. The van der Waals surface area contributed by atoms with Crippen LogP contribution < -0.4 is 10.6 Å². The molecule has 0 radical (unpaired) electrons. The van der Waals surface area contributed by atoms with Crippen molar-refractivity contribution < 1.29 is 4.79 Å². The number of carbonyl (C=O) groups is 1. The number of nitrogens with one attached hydrogen (secondary N) is 2. The molecule has 2 N–H and O–H groups in total. The van der Waals surface area contributed by atoms with Crippen molar-refractivity contribution in [3.8, 4) is 0 Å². The van der Waals surface area contributed by atoms with Gasteiger partial charge in [-0.15, -0.1) is 0 Å². The number of rotatable bonds is 9. The van der Waals surface area contributed by atoms with E-state index in [1.165, 1.54) is 32.1 Å². The van der Waals surface area contributed by atoms with E-state index in [1.54, 1.807) is 0 Å². The van der Waals surface area contributed by atoms with Crippen LogP contribution in [0.4, 0.5) is 0 Å². The molecule has 0 aliphatic rings. The third kappa shape index (κ3) is 10.6. The predicted molar refractivity (Wildman–Crippen MR) is 78.7 cm³/mol. The Hall–Kier alpha value is -0.570. The molecular weight excluding hydrogens is 224 g/mol. The summed E-state index contributed by atoms with van der Waals surface area (Å²) in [5.41, 5.74) is -0.146. The van der Waals surface area contributed by atoms with E-state index in [1.807, 2.05) is 27.7 Å². The van der Waals surface area contributed by atoms with E-state index in [0.717, 1.165) is 13.0 Å². The van der Waals surface area contributed by atoms with Crippen LogP contribution in [0.15, 0.2) is 0 Å². The molecular formula is C15H32N2O. The van der Waals surface area contributed by atoms with Gasteiger partial charge in [0, 0.05) is 5.54 Å². The highest BCUT2D eigenvalue weighted by Crippen LogP contribution is 2.04. The minimum atomic E-state index is -0.146. The van der Waals surface area contributed by atoms with Gasteiger partial charge in [0.25, 0.3) is 0 Å². The van der Waals surface area contributed by atoms with Crippen LogP contribution in [-0.2, 0) is 4.79 Å². The van der Waals surface area contributed by atoms with Crippen molar-refractivity contribution in [2.75, 3.05) is 6.54 Å². The summed E-state index contributed by atoms with van der Waals surface area (Å²) in [6.45, 7) is 11.1. The molecule has 18 heavy (non-hydrogen) atoms. The summed E-state index contributed by atoms with van der Waals surface area (Å²) in [6.07, 6.45) is 7.73. The largest absolute Gasteiger partial charge is 0.350 e. The van der Waals surface area contributed by atoms with Gasteiger partial charge < -0.3 is 10.6 Å². The highest BCUT2D eigenvalue weighted by atomic mass is 16.2. The fourth-order valence-corrected chi connectivity index (χ4v) is 1.79. The third-order valence-electron chi connectivity index (χ3n) is 2.87. The summed E-state index contributed by atoms with van der Waals surface area (Å²) in [7, 11) is 0. The molecule has 0 fully saturated rings. The lowest BCUT2D eigenvalue weighted by Crippen LogP contribution is -2.49. The van der Waals surface area contributed by atoms with Crippen molar-refractivity contribution in [2.24, 2.45) is 0 Å². The Labute approximate surface area is 113 Å². The summed E-state index contributed by atoms with van der Waals surface area (Å²) >= 11 is 0. The van der Waals surface area contributed by atoms with E-state index in [0.29, 0.717) is 0 Å². The van der Waals surface area contributed by atoms with Crippen molar-refractivity contribution in [2.45, 2.75) is 84.7 Å². The fourth-order valence-electron chi connectivity index (χ4n) is 1.79. The normalized spacial score (nSPS) is 13.4. The molecule has 3 nitrogen and oxygen atoms in total. The van der Waals surface area contributed by atoms with Crippen LogP contribution in [0.25, 0.3) is 0 Å². The van der Waals surface area contributed by atoms with Gasteiger partial charge >= 0.3 is 0 Å². The molecule has 0 saturated heterocycles. The molecule has 0 saturated carbocycles. The minimum absolute atomic E-state index is 0.0912. The van der Waals surface area contributed by atoms with Crippen LogP contribution in [0.1, 0.15) is 73.1 Å². The van der Waals surface area contributed by atoms with Crippen LogP contribution in [-0.4, -0.2) is 24.0 Å². The maximum Gasteiger partial charge on any atom is 0.237 e. The molecule has 0 aliphatic heterocycles. The van der Waals surface area contributed by atoms with Crippen LogP contribution in [0.3, 0.4) is 0 Å². The van der Waals surface area contributed by atoms with E-state index in [9.17, 15) is 4.79 Å². The monoisotopic (exact) mass is 256 g/mol. The molecule has 1 amide bonds. The zero-order valence-electron chi connectivity index (χ0n) is 12.9. The Kier molecular flexibility index (Phi) is 9.08. The van der Waals surface area contributed by atoms with E-state index < -0.39 is 0 Å². The van der Waals surface area contributed by atoms with Gasteiger partial charge in [0.1, 0.15) is 0 Å². The number of unbranched alkanes of at least 4 members (excludes halogenated alkanes) is 5. The number of hydrogen-bond acceptors (Lipinski definition) is 2. The predicted octanol–water partition coefficient (Wildman–Crippen LogP) is 3.24. The van der Waals surface area contributed by atoms with Gasteiger partial charge in [-0.25, -0.2) is 0 Å². The summed E-state index contributed by atoms with van der Waals surface area (Å²) < 4.78 is 0. The molecule has 0 aliphatic carbocycles. The van der Waals surface area contributed by atoms with Gasteiger partial charge in [0.2, 0.25) is 5.91 Å². The van der Waals surface area contributed by atoms with E-state index in [-0.39, 0.29) is 17.5 Å². The molecule has 0 bridgehead atoms. The Morgan fingerprint density at radius 3 is 2.17 bits per heavy atom. The van der Waals surface area contributed by atoms with Gasteiger partial charge in [-0.2, -0.15) is 0 Å². The highest BCUT2D eigenvalue weighted by molar-refractivity contribution is 5.81. The van der Waals surface area contributed by atoms with Crippen LogP contribution in [0.2, 0.25) is 0 Å². The summed E-state index contributed by atoms with van der Waals surface area (Å²) in [6, 6.07) is -0.0973. The molecule has 108 valence electrons. The Morgan fingerprint density at radius 1 is 1.06 bits per heavy atom. The van der Waals surface area contributed by atoms with Crippen LogP contribution >= 0.6 is 0 Å². The lowest BCUT2D eigenvalue weighted by Gasteiger charge is -2.23. The maximum absolute atomic E-state index is 11.8. The lowest BCUT2D eigenvalue weighted by atomic mass is 10.1. The third-order valence-corrected chi connectivity index (χ3v) is 2.87. The average Bonchev–Trinajstić information content (AvgIpc) is 2.25. The highest BCUT2D eigenvalue weighted by Gasteiger charge is 2.18. The molecule has 0 aromatic heterocycles. The van der Waals surface area contributed by atoms with Gasteiger partial charge in [-0.3, -0.25) is 4.79 Å². The molecule has 0 rings (SSSR count). The van der Waals surface area contributed by atoms with E-state index >= 15 is 0 Å². The number of amides is 1. The van der Waals surface area contributed by atoms with Crippen LogP contribution in [0, 0.1) is 0 Å². The van der Waals surface area contributed by atoms with E-state index in [2.05, 4.69) is 17.6 Å². The van der Waals surface area contributed by atoms with Gasteiger partial charge in [0.05, 0.1) is 6.04 Å². The molecule has 1 atom stereocenters.